The lowest BCUT2D eigenvalue weighted by molar-refractivity contribution is -0.137. The number of anilines is 1. The second kappa shape index (κ2) is 8.11. The molecular formula is C18H11ClF3N5O3. The number of carbonyl (C=O) groups excluding carboxylic acids is 3. The highest BCUT2D eigenvalue weighted by Crippen LogP contribution is 2.38. The van der Waals surface area contributed by atoms with Crippen LogP contribution in [0.5, 0.6) is 0 Å². The van der Waals surface area contributed by atoms with Crippen LogP contribution in [0.1, 0.15) is 18.9 Å². The van der Waals surface area contributed by atoms with Crippen molar-refractivity contribution < 1.29 is 27.6 Å². The quantitative estimate of drug-likeness (QED) is 0.562. The third-order valence-corrected chi connectivity index (χ3v) is 3.99. The monoisotopic (exact) mass is 437 g/mol. The molecule has 30 heavy (non-hydrogen) atoms. The predicted octanol–water partition coefficient (Wildman–Crippen LogP) is 4.06. The third kappa shape index (κ3) is 4.74. The molecule has 12 heteroatoms. The van der Waals surface area contributed by atoms with Crippen molar-refractivity contribution in [2.24, 2.45) is 20.2 Å². The van der Waals surface area contributed by atoms with Gasteiger partial charge in [-0.2, -0.15) is 23.2 Å². The summed E-state index contributed by atoms with van der Waals surface area (Å²) in [5.41, 5.74) is -1.83. The fourth-order valence-corrected chi connectivity index (χ4v) is 2.71. The van der Waals surface area contributed by atoms with Crippen LogP contribution in [0.25, 0.3) is 0 Å². The van der Waals surface area contributed by atoms with Crippen LogP contribution in [-0.2, 0) is 15.8 Å². The molecular weight excluding hydrogens is 427 g/mol. The number of hydrogen-bond acceptors (Lipinski definition) is 5. The summed E-state index contributed by atoms with van der Waals surface area (Å²) in [6, 6.07) is 4.79. The van der Waals surface area contributed by atoms with Gasteiger partial charge < -0.3 is 5.32 Å². The third-order valence-electron chi connectivity index (χ3n) is 3.76. The Morgan fingerprint density at radius 1 is 1.13 bits per heavy atom. The molecule has 0 radical (unpaired) electrons. The van der Waals surface area contributed by atoms with Gasteiger partial charge in [0.15, 0.2) is 0 Å². The standard InChI is InChI=1S/C18H11ClF3N5O3/c1-8(28)6-14(29)23-13-5-4-12-15(25-17(30)24-12)16(13)27-26-11-3-2-9(19)7-10(11)18(20,21)22/h2-5,7H,6H2,1H3,(H,23,29). The van der Waals surface area contributed by atoms with Crippen molar-refractivity contribution in [1.82, 2.24) is 0 Å². The van der Waals surface area contributed by atoms with Gasteiger partial charge in [-0.3, -0.25) is 9.59 Å². The van der Waals surface area contributed by atoms with Crippen molar-refractivity contribution in [1.29, 1.82) is 0 Å². The summed E-state index contributed by atoms with van der Waals surface area (Å²) in [6.07, 6.45) is -5.17. The molecule has 2 aromatic rings. The number of Topliss-reactive ketones (excluding diaryl/α,β-unsaturated/α-hetero) is 1. The molecule has 0 aliphatic carbocycles. The molecule has 1 N–H and O–H groups in total. The highest BCUT2D eigenvalue weighted by molar-refractivity contribution is 6.30. The minimum atomic E-state index is -4.74. The first kappa shape index (κ1) is 21.2. The Morgan fingerprint density at radius 2 is 1.87 bits per heavy atom. The van der Waals surface area contributed by atoms with E-state index in [1.54, 1.807) is 0 Å². The minimum Gasteiger partial charge on any atom is -0.324 e. The number of amides is 3. The Labute approximate surface area is 171 Å². The zero-order chi connectivity index (χ0) is 22.1. The van der Waals surface area contributed by atoms with E-state index in [0.29, 0.717) is 6.07 Å². The molecule has 0 fully saturated rings. The van der Waals surface area contributed by atoms with Crippen LogP contribution >= 0.6 is 11.6 Å². The first-order chi connectivity index (χ1) is 14.0. The smallest absolute Gasteiger partial charge is 0.324 e. The maximum absolute atomic E-state index is 13.3. The van der Waals surface area contributed by atoms with E-state index >= 15 is 0 Å². The van der Waals surface area contributed by atoms with Crippen LogP contribution in [0.4, 0.5) is 35.0 Å². The molecule has 3 rings (SSSR count). The van der Waals surface area contributed by atoms with E-state index in [2.05, 4.69) is 25.5 Å². The summed E-state index contributed by atoms with van der Waals surface area (Å²) in [5, 5.41) is 9.75. The molecule has 0 bridgehead atoms. The Bertz CT molecular complexity index is 1220. The minimum absolute atomic E-state index is 0.0000720. The number of benzene rings is 2. The molecule has 0 unspecified atom stereocenters. The molecule has 8 nitrogen and oxygen atoms in total. The van der Waals surface area contributed by atoms with Crippen molar-refractivity contribution in [2.45, 2.75) is 19.5 Å². The number of carbonyl (C=O) groups is 3. The van der Waals surface area contributed by atoms with Crippen molar-refractivity contribution in [3.8, 4) is 0 Å². The number of rotatable bonds is 5. The van der Waals surface area contributed by atoms with E-state index in [0.717, 1.165) is 6.07 Å². The second-order valence-electron chi connectivity index (χ2n) is 6.12. The molecule has 0 saturated heterocycles. The van der Waals surface area contributed by atoms with Crippen LogP contribution in [-0.4, -0.2) is 17.7 Å². The van der Waals surface area contributed by atoms with Gasteiger partial charge in [0.1, 0.15) is 16.8 Å². The van der Waals surface area contributed by atoms with Gasteiger partial charge in [-0.05, 0) is 37.3 Å². The van der Waals surface area contributed by atoms with Gasteiger partial charge in [-0.25, -0.2) is 4.79 Å². The second-order valence-corrected chi connectivity index (χ2v) is 6.56. The summed E-state index contributed by atoms with van der Waals surface area (Å²) in [6.45, 7) is 1.22. The molecule has 1 aliphatic heterocycles. The van der Waals surface area contributed by atoms with Gasteiger partial charge in [-0.1, -0.05) is 11.6 Å². The molecule has 2 aromatic carbocycles. The van der Waals surface area contributed by atoms with E-state index in [4.69, 9.17) is 11.6 Å². The van der Waals surface area contributed by atoms with Crippen molar-refractivity contribution >= 4 is 46.4 Å². The summed E-state index contributed by atoms with van der Waals surface area (Å²) in [5.74, 6) is -1.08. The first-order valence-electron chi connectivity index (χ1n) is 8.27. The van der Waals surface area contributed by atoms with Gasteiger partial charge in [0.2, 0.25) is 5.91 Å². The highest BCUT2D eigenvalue weighted by atomic mass is 35.5. The predicted molar refractivity (Wildman–Crippen MR) is 98.7 cm³/mol. The first-order valence-corrected chi connectivity index (χ1v) is 8.64. The average Bonchev–Trinajstić information content (AvgIpc) is 3.00. The zero-order valence-corrected chi connectivity index (χ0v) is 15.9. The lowest BCUT2D eigenvalue weighted by Gasteiger charge is -2.10. The van der Waals surface area contributed by atoms with Crippen LogP contribution in [0.3, 0.4) is 0 Å². The molecule has 1 heterocycles. The molecule has 0 spiro atoms. The summed E-state index contributed by atoms with van der Waals surface area (Å²) in [7, 11) is 0. The summed E-state index contributed by atoms with van der Waals surface area (Å²) < 4.78 is 39.8. The lowest BCUT2D eigenvalue weighted by Crippen LogP contribution is -2.24. The fourth-order valence-electron chi connectivity index (χ4n) is 2.54. The van der Waals surface area contributed by atoms with E-state index in [1.807, 2.05) is 0 Å². The average molecular weight is 438 g/mol. The highest BCUT2D eigenvalue weighted by Gasteiger charge is 2.34. The van der Waals surface area contributed by atoms with Gasteiger partial charge in [0.25, 0.3) is 0 Å². The van der Waals surface area contributed by atoms with E-state index in [-0.39, 0.29) is 27.1 Å². The summed E-state index contributed by atoms with van der Waals surface area (Å²) >= 11 is 5.64. The van der Waals surface area contributed by atoms with Crippen LogP contribution in [0.2, 0.25) is 5.02 Å². The fraction of sp³-hybridized carbons (Fsp3) is 0.167. The number of nitrogens with one attached hydrogen (secondary N) is 1. The largest absolute Gasteiger partial charge is 0.418 e. The number of hydrogen-bond donors (Lipinski definition) is 1. The molecule has 154 valence electrons. The normalized spacial score (nSPS) is 13.0. The number of azo groups is 1. The molecule has 1 aliphatic rings. The maximum atomic E-state index is 13.3. The maximum Gasteiger partial charge on any atom is 0.418 e. The van der Waals surface area contributed by atoms with Crippen molar-refractivity contribution in [3.63, 3.8) is 0 Å². The van der Waals surface area contributed by atoms with Crippen molar-refractivity contribution in [2.75, 3.05) is 5.32 Å². The number of ketones is 1. The Balaban J connectivity index is 2.11. The van der Waals surface area contributed by atoms with E-state index < -0.39 is 41.6 Å². The zero-order valence-electron chi connectivity index (χ0n) is 15.1. The van der Waals surface area contributed by atoms with Crippen LogP contribution in [0.15, 0.2) is 50.5 Å². The van der Waals surface area contributed by atoms with Crippen molar-refractivity contribution in [3.05, 3.63) is 51.6 Å². The number of nitrogens with zero attached hydrogens (tertiary/aromatic N) is 4. The summed E-state index contributed by atoms with van der Waals surface area (Å²) in [4.78, 5) is 41.9. The topological polar surface area (TPSA) is 113 Å². The Hall–Kier alpha value is -3.47. The van der Waals surface area contributed by atoms with E-state index in [9.17, 15) is 27.6 Å². The van der Waals surface area contributed by atoms with Gasteiger partial charge in [0, 0.05) is 5.02 Å². The number of fused-ring (bicyclic) bond motifs is 1. The van der Waals surface area contributed by atoms with Gasteiger partial charge in [-0.15, -0.1) is 10.2 Å². The Morgan fingerprint density at radius 3 is 2.53 bits per heavy atom. The van der Waals surface area contributed by atoms with Crippen LogP contribution < -0.4 is 16.0 Å². The number of urea groups is 1. The molecule has 3 amide bonds. The number of halogens is 4. The SMILES string of the molecule is CC(=O)CC(=O)Nc1ccc2c(c1N=Nc1ccc(Cl)cc1C(F)(F)F)=NC(=O)N=2. The number of alkyl halides is 3. The molecule has 0 aromatic heterocycles. The molecule has 0 saturated carbocycles. The van der Waals surface area contributed by atoms with Gasteiger partial charge in [0.05, 0.1) is 28.7 Å². The lowest BCUT2D eigenvalue weighted by atomic mass is 10.2. The van der Waals surface area contributed by atoms with E-state index in [1.165, 1.54) is 25.1 Å². The van der Waals surface area contributed by atoms with Crippen LogP contribution in [0, 0.1) is 0 Å². The molecule has 0 atom stereocenters. The Kier molecular flexibility index (Phi) is 5.74. The van der Waals surface area contributed by atoms with Gasteiger partial charge >= 0.3 is 12.2 Å².